The summed E-state index contributed by atoms with van der Waals surface area (Å²) in [6.45, 7) is 0. The number of carbonyl (C=O) groups is 6. The molecule has 0 spiro atoms. The SMILES string of the molecule is O=C(O)CC(O)(CC(=O)O)C(=O)O.O=C([O-])CC(O)(CC(=O)O)C(=O)O.[Cl-].[Na+].[Na+]. The molecule has 0 fully saturated rings. The molecule has 0 radical (unpaired) electrons. The van der Waals surface area contributed by atoms with Gasteiger partial charge in [0.05, 0.1) is 19.3 Å². The fourth-order valence-corrected chi connectivity index (χ4v) is 1.42. The molecule has 0 aliphatic rings. The first-order valence-electron chi connectivity index (χ1n) is 6.32. The van der Waals surface area contributed by atoms with Crippen LogP contribution in [0.15, 0.2) is 0 Å². The minimum Gasteiger partial charge on any atom is -1.00 e. The van der Waals surface area contributed by atoms with E-state index in [1.807, 2.05) is 0 Å². The summed E-state index contributed by atoms with van der Waals surface area (Å²) in [6.07, 6.45) is -4.73. The molecule has 0 aromatic heterocycles. The molecule has 17 heteroatoms. The molecule has 0 heterocycles. The molecule has 1 unspecified atom stereocenters. The first-order chi connectivity index (χ1) is 11.6. The van der Waals surface area contributed by atoms with Gasteiger partial charge in [-0.05, 0) is 0 Å². The van der Waals surface area contributed by atoms with Crippen LogP contribution in [-0.2, 0) is 28.8 Å². The maximum atomic E-state index is 10.3. The fourth-order valence-electron chi connectivity index (χ4n) is 1.42. The van der Waals surface area contributed by atoms with Gasteiger partial charge >= 0.3 is 89.0 Å². The number of rotatable bonds is 10. The van der Waals surface area contributed by atoms with Gasteiger partial charge in [0.2, 0.25) is 0 Å². The zero-order chi connectivity index (χ0) is 21.3. The summed E-state index contributed by atoms with van der Waals surface area (Å²) < 4.78 is 0. The molecule has 0 amide bonds. The minimum absolute atomic E-state index is 0. The number of halogens is 1. The topological polar surface area (TPSA) is 267 Å². The van der Waals surface area contributed by atoms with Gasteiger partial charge in [0, 0.05) is 12.4 Å². The predicted molar refractivity (Wildman–Crippen MR) is 71.6 cm³/mol. The Morgan fingerprint density at radius 1 is 0.586 bits per heavy atom. The summed E-state index contributed by atoms with van der Waals surface area (Å²) in [7, 11) is 0. The molecule has 0 aromatic rings. The number of carbonyl (C=O) groups excluding carboxylic acids is 1. The third-order valence-corrected chi connectivity index (χ3v) is 2.56. The number of hydrogen-bond donors (Lipinski definition) is 7. The van der Waals surface area contributed by atoms with Crippen molar-refractivity contribution in [3.05, 3.63) is 0 Å². The Balaban J connectivity index is -0.000000120. The second-order valence-electron chi connectivity index (χ2n) is 4.93. The third kappa shape index (κ3) is 17.6. The molecule has 7 N–H and O–H groups in total. The first-order valence-corrected chi connectivity index (χ1v) is 6.32. The van der Waals surface area contributed by atoms with Crippen LogP contribution >= 0.6 is 0 Å². The number of aliphatic hydroxyl groups is 2. The predicted octanol–water partition coefficient (Wildman–Crippen LogP) is -12.8. The molecular formula is C12H15ClNa2O14. The van der Waals surface area contributed by atoms with Crippen molar-refractivity contribution >= 4 is 35.8 Å². The Hall–Kier alpha value is -0.970. The van der Waals surface area contributed by atoms with E-state index in [0.717, 1.165) is 0 Å². The molecule has 0 bridgehead atoms. The second kappa shape index (κ2) is 16.8. The van der Waals surface area contributed by atoms with E-state index in [0.29, 0.717) is 0 Å². The van der Waals surface area contributed by atoms with E-state index in [1.54, 1.807) is 0 Å². The molecular weight excluding hydrogens is 450 g/mol. The van der Waals surface area contributed by atoms with Gasteiger partial charge in [0.15, 0.2) is 11.2 Å². The Morgan fingerprint density at radius 2 is 0.793 bits per heavy atom. The van der Waals surface area contributed by atoms with Crippen LogP contribution in [0.3, 0.4) is 0 Å². The number of aliphatic carboxylic acids is 6. The van der Waals surface area contributed by atoms with Crippen LogP contribution in [0.25, 0.3) is 0 Å². The van der Waals surface area contributed by atoms with Gasteiger partial charge in [-0.25, -0.2) is 9.59 Å². The fraction of sp³-hybridized carbons (Fsp3) is 0.500. The zero-order valence-corrected chi connectivity index (χ0v) is 20.0. The summed E-state index contributed by atoms with van der Waals surface area (Å²) >= 11 is 0. The molecule has 0 saturated carbocycles. The first kappa shape index (κ1) is 38.6. The van der Waals surface area contributed by atoms with Gasteiger partial charge in [0.25, 0.3) is 0 Å². The molecule has 0 rings (SSSR count). The average Bonchev–Trinajstić information content (AvgIpc) is 2.34. The quantitative estimate of drug-likeness (QED) is 0.148. The maximum absolute atomic E-state index is 10.3. The summed E-state index contributed by atoms with van der Waals surface area (Å²) in [6, 6.07) is 0. The Kier molecular flexibility index (Phi) is 22.4. The summed E-state index contributed by atoms with van der Waals surface area (Å²) in [5.41, 5.74) is -5.54. The van der Waals surface area contributed by atoms with Gasteiger partial charge in [0.1, 0.15) is 0 Å². The van der Waals surface area contributed by atoms with Gasteiger partial charge in [-0.15, -0.1) is 0 Å². The van der Waals surface area contributed by atoms with Crippen molar-refractivity contribution in [2.24, 2.45) is 0 Å². The Morgan fingerprint density at radius 3 is 0.931 bits per heavy atom. The molecule has 29 heavy (non-hydrogen) atoms. The van der Waals surface area contributed by atoms with Gasteiger partial charge in [-0.3, -0.25) is 14.4 Å². The van der Waals surface area contributed by atoms with Crippen molar-refractivity contribution in [1.29, 1.82) is 0 Å². The summed E-state index contributed by atoms with van der Waals surface area (Å²) in [4.78, 5) is 60.8. The van der Waals surface area contributed by atoms with E-state index in [9.17, 15) is 33.9 Å². The minimum atomic E-state index is -2.80. The largest absolute Gasteiger partial charge is 1.00 e. The van der Waals surface area contributed by atoms with Crippen molar-refractivity contribution in [3.8, 4) is 0 Å². The van der Waals surface area contributed by atoms with E-state index in [-0.39, 0.29) is 71.5 Å². The maximum Gasteiger partial charge on any atom is 1.00 e. The Labute approximate surface area is 212 Å². The molecule has 156 valence electrons. The second-order valence-corrected chi connectivity index (χ2v) is 4.93. The third-order valence-electron chi connectivity index (χ3n) is 2.56. The number of carboxylic acids is 6. The zero-order valence-electron chi connectivity index (χ0n) is 15.2. The van der Waals surface area contributed by atoms with Gasteiger partial charge in [-0.1, -0.05) is 0 Å². The molecule has 0 aliphatic heterocycles. The van der Waals surface area contributed by atoms with Crippen LogP contribution in [0, 0.1) is 0 Å². The molecule has 14 nitrogen and oxygen atoms in total. The normalized spacial score (nSPS) is 11.4. The molecule has 1 atom stereocenters. The van der Waals surface area contributed by atoms with E-state index in [1.165, 1.54) is 0 Å². The smallest absolute Gasteiger partial charge is 1.00 e. The van der Waals surface area contributed by atoms with Gasteiger partial charge < -0.3 is 58.1 Å². The van der Waals surface area contributed by atoms with E-state index >= 15 is 0 Å². The van der Waals surface area contributed by atoms with Crippen LogP contribution in [0.5, 0.6) is 0 Å². The van der Waals surface area contributed by atoms with Crippen LogP contribution in [0.4, 0.5) is 0 Å². The van der Waals surface area contributed by atoms with Gasteiger partial charge in [-0.2, -0.15) is 0 Å². The molecule has 0 aromatic carbocycles. The van der Waals surface area contributed by atoms with Crippen molar-refractivity contribution in [1.82, 2.24) is 0 Å². The van der Waals surface area contributed by atoms with Crippen LogP contribution in [-0.4, -0.2) is 82.8 Å². The average molecular weight is 465 g/mol. The van der Waals surface area contributed by atoms with E-state index in [4.69, 9.17) is 35.7 Å². The molecule has 0 saturated heterocycles. The van der Waals surface area contributed by atoms with E-state index < -0.39 is 72.7 Å². The standard InChI is InChI=1S/2C6H8O7.ClH.2Na/c2*7-3(8)1-6(13,5(11)12)2-4(9)10;;;/h2*13H,1-2H2,(H,7,8)(H,9,10)(H,11,12);1H;;/q;;;2*+1/p-2. The van der Waals surface area contributed by atoms with Crippen molar-refractivity contribution in [2.75, 3.05) is 0 Å². The summed E-state index contributed by atoms with van der Waals surface area (Å²) in [5, 5.41) is 69.3. The monoisotopic (exact) mass is 464 g/mol. The van der Waals surface area contributed by atoms with Crippen LogP contribution < -0.4 is 76.6 Å². The van der Waals surface area contributed by atoms with Crippen LogP contribution in [0.2, 0.25) is 0 Å². The summed E-state index contributed by atoms with van der Waals surface area (Å²) in [5.74, 6) is -10.4. The number of hydrogen-bond acceptors (Lipinski definition) is 9. The van der Waals surface area contributed by atoms with E-state index in [2.05, 4.69) is 0 Å². The van der Waals surface area contributed by atoms with Crippen molar-refractivity contribution in [3.63, 3.8) is 0 Å². The van der Waals surface area contributed by atoms with Crippen LogP contribution in [0.1, 0.15) is 25.7 Å². The Bertz CT molecular complexity index is 523. The van der Waals surface area contributed by atoms with Crippen molar-refractivity contribution in [2.45, 2.75) is 36.9 Å². The number of carboxylic acid groups (broad SMARTS) is 6. The molecule has 0 aliphatic carbocycles. The van der Waals surface area contributed by atoms with Crippen molar-refractivity contribution < 1.29 is 141 Å².